The fraction of sp³-hybridized carbons (Fsp3) is 0.333. The number of likely N-dealkylation sites (tertiary alicyclic amines) is 1. The minimum absolute atomic E-state index is 0.0342. The number of nitrogens with zero attached hydrogens (tertiary/aromatic N) is 3. The highest BCUT2D eigenvalue weighted by Crippen LogP contribution is 2.32. The molecule has 11 heteroatoms. The summed E-state index contributed by atoms with van der Waals surface area (Å²) in [5, 5.41) is 7.91. The summed E-state index contributed by atoms with van der Waals surface area (Å²) in [6.07, 6.45) is 0.875. The first-order chi connectivity index (χ1) is 18.0. The molecule has 1 aliphatic rings. The molecule has 0 saturated carbocycles. The summed E-state index contributed by atoms with van der Waals surface area (Å²) < 4.78 is 34.1. The maximum atomic E-state index is 13.7. The van der Waals surface area contributed by atoms with Crippen LogP contribution in [-0.2, 0) is 4.74 Å². The van der Waals surface area contributed by atoms with Crippen LogP contribution in [0.1, 0.15) is 55.6 Å². The molecule has 4 aromatic rings. The molecule has 2 aromatic heterocycles. The van der Waals surface area contributed by atoms with E-state index in [9.17, 15) is 23.2 Å². The Morgan fingerprint density at radius 1 is 1.08 bits per heavy atom. The Kier molecular flexibility index (Phi) is 6.38. The number of ether oxygens (including phenoxy) is 1. The van der Waals surface area contributed by atoms with Gasteiger partial charge < -0.3 is 19.9 Å². The zero-order chi connectivity index (χ0) is 27.2. The Hall–Kier alpha value is -4.28. The summed E-state index contributed by atoms with van der Waals surface area (Å²) in [6.45, 7) is 6.42. The molecule has 0 unspecified atom stereocenters. The van der Waals surface area contributed by atoms with E-state index in [1.165, 1.54) is 12.1 Å². The van der Waals surface area contributed by atoms with Crippen molar-refractivity contribution in [2.24, 2.45) is 0 Å². The summed E-state index contributed by atoms with van der Waals surface area (Å²) >= 11 is 0. The number of aromatic nitrogens is 3. The Labute approximate surface area is 216 Å². The molecule has 0 atom stereocenters. The number of carbonyl (C=O) groups excluding carboxylic acids is 2. The van der Waals surface area contributed by atoms with Gasteiger partial charge >= 0.3 is 6.09 Å². The van der Waals surface area contributed by atoms with Crippen LogP contribution in [0.4, 0.5) is 19.3 Å². The summed E-state index contributed by atoms with van der Waals surface area (Å²) in [5.74, 6) is -2.84. The third-order valence-corrected chi connectivity index (χ3v) is 6.46. The number of H-pyrrole nitrogens is 1. The maximum absolute atomic E-state index is 13.7. The average molecular weight is 524 g/mol. The first kappa shape index (κ1) is 25.4. The number of rotatable bonds is 3. The second-order valence-electron chi connectivity index (χ2n) is 10.3. The third-order valence-electron chi connectivity index (χ3n) is 6.46. The molecule has 2 aromatic carbocycles. The van der Waals surface area contributed by atoms with Gasteiger partial charge in [0.25, 0.3) is 11.5 Å². The van der Waals surface area contributed by atoms with Crippen molar-refractivity contribution in [2.75, 3.05) is 18.4 Å². The van der Waals surface area contributed by atoms with Crippen LogP contribution < -0.4 is 10.9 Å². The van der Waals surface area contributed by atoms with Crippen LogP contribution in [0, 0.1) is 11.6 Å². The van der Waals surface area contributed by atoms with Gasteiger partial charge in [0, 0.05) is 30.6 Å². The Morgan fingerprint density at radius 2 is 1.82 bits per heavy atom. The van der Waals surface area contributed by atoms with E-state index in [1.54, 1.807) is 27.6 Å². The largest absolute Gasteiger partial charge is 0.444 e. The van der Waals surface area contributed by atoms with E-state index >= 15 is 0 Å². The van der Waals surface area contributed by atoms with E-state index < -0.39 is 23.1 Å². The standard InChI is InChI=1S/C27H27F2N5O4/c1-27(2,3)38-26(37)33-11-9-15(10-12-33)21-14-22(35)31-24-23-19(5-4-6-20(23)32-34(21)24)30-25(36)16-7-8-17(28)18(29)13-16/h4-8,13-15H,9-12H2,1-3H3,(H,30,36)(H,31,35). The number of hydrogen-bond acceptors (Lipinski definition) is 5. The van der Waals surface area contributed by atoms with Crippen molar-refractivity contribution in [2.45, 2.75) is 45.1 Å². The number of nitrogens with one attached hydrogen (secondary N) is 2. The van der Waals surface area contributed by atoms with Crippen LogP contribution in [0.2, 0.25) is 0 Å². The van der Waals surface area contributed by atoms with E-state index in [1.807, 2.05) is 20.8 Å². The first-order valence-electron chi connectivity index (χ1n) is 12.3. The van der Waals surface area contributed by atoms with Crippen LogP contribution >= 0.6 is 0 Å². The second kappa shape index (κ2) is 9.55. The van der Waals surface area contributed by atoms with Gasteiger partial charge in [-0.2, -0.15) is 5.10 Å². The van der Waals surface area contributed by atoms with Gasteiger partial charge in [-0.1, -0.05) is 6.07 Å². The predicted octanol–water partition coefficient (Wildman–Crippen LogP) is 4.82. The van der Waals surface area contributed by atoms with E-state index in [-0.39, 0.29) is 23.1 Å². The smallest absolute Gasteiger partial charge is 0.410 e. The monoisotopic (exact) mass is 523 g/mol. The minimum atomic E-state index is -1.13. The topological polar surface area (TPSA) is 109 Å². The lowest BCUT2D eigenvalue weighted by molar-refractivity contribution is 0.0203. The lowest BCUT2D eigenvalue weighted by Gasteiger charge is -2.33. The number of aromatic amines is 1. The highest BCUT2D eigenvalue weighted by atomic mass is 19.2. The van der Waals surface area contributed by atoms with Gasteiger partial charge in [0.15, 0.2) is 11.6 Å². The zero-order valence-electron chi connectivity index (χ0n) is 21.2. The van der Waals surface area contributed by atoms with Crippen LogP contribution in [0.3, 0.4) is 0 Å². The van der Waals surface area contributed by atoms with Crippen molar-refractivity contribution >= 4 is 34.2 Å². The number of benzene rings is 2. The number of halogens is 2. The van der Waals surface area contributed by atoms with Crippen LogP contribution in [0.5, 0.6) is 0 Å². The number of carbonyl (C=O) groups is 2. The Balaban J connectivity index is 1.46. The second-order valence-corrected chi connectivity index (χ2v) is 10.3. The Bertz CT molecular complexity index is 1610. The summed E-state index contributed by atoms with van der Waals surface area (Å²) in [6, 6.07) is 9.50. The van der Waals surface area contributed by atoms with Crippen molar-refractivity contribution in [3.05, 3.63) is 75.7 Å². The van der Waals surface area contributed by atoms with E-state index in [4.69, 9.17) is 4.74 Å². The van der Waals surface area contributed by atoms with Crippen molar-refractivity contribution in [1.82, 2.24) is 19.5 Å². The summed E-state index contributed by atoms with van der Waals surface area (Å²) in [5.41, 5.74) is 1.02. The molecule has 38 heavy (non-hydrogen) atoms. The summed E-state index contributed by atoms with van der Waals surface area (Å²) in [7, 11) is 0. The number of amides is 2. The molecule has 1 aliphatic heterocycles. The average Bonchev–Trinajstić information content (AvgIpc) is 3.23. The molecular weight excluding hydrogens is 496 g/mol. The quantitative estimate of drug-likeness (QED) is 0.400. The molecule has 2 amide bonds. The summed E-state index contributed by atoms with van der Waals surface area (Å²) in [4.78, 5) is 42.4. The molecule has 198 valence electrons. The van der Waals surface area contributed by atoms with Crippen molar-refractivity contribution in [3.8, 4) is 0 Å². The molecular formula is C27H27F2N5O4. The van der Waals surface area contributed by atoms with Gasteiger partial charge in [0.2, 0.25) is 0 Å². The highest BCUT2D eigenvalue weighted by Gasteiger charge is 2.29. The predicted molar refractivity (Wildman–Crippen MR) is 137 cm³/mol. The van der Waals surface area contributed by atoms with Gasteiger partial charge in [-0.05, 0) is 63.9 Å². The van der Waals surface area contributed by atoms with Crippen LogP contribution in [0.15, 0.2) is 47.3 Å². The number of anilines is 1. The lowest BCUT2D eigenvalue weighted by atomic mass is 9.93. The molecule has 1 fully saturated rings. The maximum Gasteiger partial charge on any atom is 0.410 e. The highest BCUT2D eigenvalue weighted by molar-refractivity contribution is 6.11. The van der Waals surface area contributed by atoms with Crippen molar-refractivity contribution in [1.29, 1.82) is 0 Å². The van der Waals surface area contributed by atoms with E-state index in [0.717, 1.165) is 12.1 Å². The van der Waals surface area contributed by atoms with Gasteiger partial charge in [0.1, 0.15) is 11.2 Å². The molecule has 0 spiro atoms. The van der Waals surface area contributed by atoms with Crippen molar-refractivity contribution in [3.63, 3.8) is 0 Å². The minimum Gasteiger partial charge on any atom is -0.444 e. The SMILES string of the molecule is CC(C)(C)OC(=O)N1CCC(c2cc(=O)[nH]c3c4c(NC(=O)c5ccc(F)c(F)c5)cccc4nn23)CC1. The Morgan fingerprint density at radius 3 is 2.50 bits per heavy atom. The molecule has 1 saturated heterocycles. The molecule has 9 nitrogen and oxygen atoms in total. The fourth-order valence-corrected chi connectivity index (χ4v) is 4.70. The van der Waals surface area contributed by atoms with Crippen LogP contribution in [-0.4, -0.2) is 50.2 Å². The van der Waals surface area contributed by atoms with Gasteiger partial charge in [-0.25, -0.2) is 18.1 Å². The molecule has 5 rings (SSSR count). The normalized spacial score (nSPS) is 14.7. The van der Waals surface area contributed by atoms with E-state index in [2.05, 4.69) is 15.4 Å². The van der Waals surface area contributed by atoms with Gasteiger partial charge in [-0.15, -0.1) is 0 Å². The van der Waals surface area contributed by atoms with Gasteiger partial charge in [0.05, 0.1) is 22.3 Å². The molecule has 3 heterocycles. The van der Waals surface area contributed by atoms with Gasteiger partial charge in [-0.3, -0.25) is 9.59 Å². The number of piperidine rings is 1. The number of hydrogen-bond donors (Lipinski definition) is 2. The fourth-order valence-electron chi connectivity index (χ4n) is 4.70. The van der Waals surface area contributed by atoms with E-state index in [0.29, 0.717) is 53.9 Å². The van der Waals surface area contributed by atoms with Crippen LogP contribution in [0.25, 0.3) is 16.6 Å². The van der Waals surface area contributed by atoms with Crippen molar-refractivity contribution < 1.29 is 23.1 Å². The zero-order valence-corrected chi connectivity index (χ0v) is 21.2. The molecule has 0 aliphatic carbocycles. The molecule has 0 bridgehead atoms. The molecule has 0 radical (unpaired) electrons. The lowest BCUT2D eigenvalue weighted by Crippen LogP contribution is -2.41. The number of fused-ring (bicyclic) bond motifs is 3. The molecule has 2 N–H and O–H groups in total. The first-order valence-corrected chi connectivity index (χ1v) is 12.3. The third kappa shape index (κ3) is 4.96.